The van der Waals surface area contributed by atoms with Gasteiger partial charge in [-0.05, 0) is 31.0 Å². The number of hydrogen-bond acceptors (Lipinski definition) is 4. The molecule has 0 bridgehead atoms. The van der Waals surface area contributed by atoms with Crippen molar-refractivity contribution >= 4 is 11.6 Å². The van der Waals surface area contributed by atoms with Crippen molar-refractivity contribution in [2.24, 2.45) is 0 Å². The SMILES string of the molecule is COc1ccccc1CCNC(=O)c1cc(N)cnc1C. The molecule has 2 aromatic rings. The number of ether oxygens (including phenoxy) is 1. The third kappa shape index (κ3) is 3.72. The lowest BCUT2D eigenvalue weighted by Crippen LogP contribution is -2.26. The summed E-state index contributed by atoms with van der Waals surface area (Å²) in [5.74, 6) is 0.663. The van der Waals surface area contributed by atoms with Gasteiger partial charge in [0, 0.05) is 6.54 Å². The molecule has 0 spiro atoms. The van der Waals surface area contributed by atoms with Crippen molar-refractivity contribution in [2.45, 2.75) is 13.3 Å². The molecule has 0 fully saturated rings. The number of carbonyl (C=O) groups excluding carboxylic acids is 1. The molecule has 5 nitrogen and oxygen atoms in total. The Labute approximate surface area is 124 Å². The predicted octanol–water partition coefficient (Wildman–Crippen LogP) is 1.95. The molecule has 0 saturated carbocycles. The fourth-order valence-electron chi connectivity index (χ4n) is 2.09. The van der Waals surface area contributed by atoms with Crippen LogP contribution in [0.3, 0.4) is 0 Å². The molecule has 2 rings (SSSR count). The number of amides is 1. The van der Waals surface area contributed by atoms with E-state index in [2.05, 4.69) is 10.3 Å². The zero-order valence-corrected chi connectivity index (χ0v) is 12.2. The largest absolute Gasteiger partial charge is 0.496 e. The van der Waals surface area contributed by atoms with Gasteiger partial charge in [0.25, 0.3) is 5.91 Å². The fourth-order valence-corrected chi connectivity index (χ4v) is 2.09. The van der Waals surface area contributed by atoms with Crippen molar-refractivity contribution in [3.05, 3.63) is 53.3 Å². The standard InChI is InChI=1S/C16H19N3O2/c1-11-14(9-13(17)10-19-11)16(20)18-8-7-12-5-3-4-6-15(12)21-2/h3-6,9-10H,7-8,17H2,1-2H3,(H,18,20). The molecule has 1 aromatic heterocycles. The number of nitrogens with zero attached hydrogens (tertiary/aromatic N) is 1. The van der Waals surface area contributed by atoms with Crippen LogP contribution in [0.1, 0.15) is 21.6 Å². The lowest BCUT2D eigenvalue weighted by atomic mass is 10.1. The Kier molecular flexibility index (Phi) is 4.77. The van der Waals surface area contributed by atoms with Crippen LogP contribution in [0.2, 0.25) is 0 Å². The predicted molar refractivity (Wildman–Crippen MR) is 82.4 cm³/mol. The summed E-state index contributed by atoms with van der Waals surface area (Å²) >= 11 is 0. The van der Waals surface area contributed by atoms with Crippen molar-refractivity contribution in [3.8, 4) is 5.75 Å². The highest BCUT2D eigenvalue weighted by Crippen LogP contribution is 2.17. The van der Waals surface area contributed by atoms with Crippen molar-refractivity contribution < 1.29 is 9.53 Å². The lowest BCUT2D eigenvalue weighted by Gasteiger charge is -2.10. The highest BCUT2D eigenvalue weighted by molar-refractivity contribution is 5.95. The van der Waals surface area contributed by atoms with Crippen molar-refractivity contribution in [1.82, 2.24) is 10.3 Å². The third-order valence-electron chi connectivity index (χ3n) is 3.23. The molecule has 3 N–H and O–H groups in total. The third-order valence-corrected chi connectivity index (χ3v) is 3.23. The molecule has 1 aromatic carbocycles. The van der Waals surface area contributed by atoms with Gasteiger partial charge in [0.05, 0.1) is 30.3 Å². The Hall–Kier alpha value is -2.56. The van der Waals surface area contributed by atoms with Crippen LogP contribution < -0.4 is 15.8 Å². The van der Waals surface area contributed by atoms with Gasteiger partial charge in [-0.25, -0.2) is 0 Å². The van der Waals surface area contributed by atoms with Crippen LogP contribution in [-0.2, 0) is 6.42 Å². The van der Waals surface area contributed by atoms with E-state index in [4.69, 9.17) is 10.5 Å². The van der Waals surface area contributed by atoms with Gasteiger partial charge in [0.1, 0.15) is 5.75 Å². The Bertz CT molecular complexity index is 641. The van der Waals surface area contributed by atoms with Gasteiger partial charge in [-0.15, -0.1) is 0 Å². The quantitative estimate of drug-likeness (QED) is 0.880. The number of hydrogen-bond donors (Lipinski definition) is 2. The fraction of sp³-hybridized carbons (Fsp3) is 0.250. The Balaban J connectivity index is 1.97. The maximum Gasteiger partial charge on any atom is 0.253 e. The normalized spacial score (nSPS) is 10.2. The van der Waals surface area contributed by atoms with Crippen LogP contribution in [0.5, 0.6) is 5.75 Å². The highest BCUT2D eigenvalue weighted by Gasteiger charge is 2.10. The zero-order chi connectivity index (χ0) is 15.2. The van der Waals surface area contributed by atoms with Gasteiger partial charge in [-0.1, -0.05) is 18.2 Å². The molecule has 0 aliphatic carbocycles. The van der Waals surface area contributed by atoms with Crippen LogP contribution in [0.25, 0.3) is 0 Å². The summed E-state index contributed by atoms with van der Waals surface area (Å²) in [6.45, 7) is 2.31. The van der Waals surface area contributed by atoms with Crippen molar-refractivity contribution in [1.29, 1.82) is 0 Å². The van der Waals surface area contributed by atoms with Gasteiger partial charge in [-0.2, -0.15) is 0 Å². The molecule has 0 saturated heterocycles. The summed E-state index contributed by atoms with van der Waals surface area (Å²) in [5.41, 5.74) is 8.38. The van der Waals surface area contributed by atoms with Crippen molar-refractivity contribution in [3.63, 3.8) is 0 Å². The lowest BCUT2D eigenvalue weighted by molar-refractivity contribution is 0.0953. The summed E-state index contributed by atoms with van der Waals surface area (Å²) in [6.07, 6.45) is 2.24. The molecular weight excluding hydrogens is 266 g/mol. The molecule has 0 atom stereocenters. The Morgan fingerprint density at radius 2 is 2.14 bits per heavy atom. The number of carbonyl (C=O) groups is 1. The summed E-state index contributed by atoms with van der Waals surface area (Å²) in [5, 5.41) is 2.88. The Morgan fingerprint density at radius 3 is 2.90 bits per heavy atom. The molecule has 110 valence electrons. The molecule has 0 unspecified atom stereocenters. The number of pyridine rings is 1. The van der Waals surface area contributed by atoms with E-state index >= 15 is 0 Å². The molecule has 0 radical (unpaired) electrons. The summed E-state index contributed by atoms with van der Waals surface area (Å²) in [6, 6.07) is 9.40. The smallest absolute Gasteiger partial charge is 0.253 e. The number of nitrogens with one attached hydrogen (secondary N) is 1. The van der Waals surface area contributed by atoms with E-state index in [1.807, 2.05) is 24.3 Å². The summed E-state index contributed by atoms with van der Waals surface area (Å²) in [4.78, 5) is 16.2. The number of nitrogens with two attached hydrogens (primary N) is 1. The number of nitrogen functional groups attached to an aromatic ring is 1. The first kappa shape index (κ1) is 14.8. The van der Waals surface area contributed by atoms with E-state index in [1.165, 1.54) is 0 Å². The maximum absolute atomic E-state index is 12.1. The minimum absolute atomic E-state index is 0.165. The maximum atomic E-state index is 12.1. The number of methoxy groups -OCH3 is 1. The second kappa shape index (κ2) is 6.74. The minimum atomic E-state index is -0.165. The molecule has 0 aliphatic heterocycles. The van der Waals surface area contributed by atoms with Gasteiger partial charge in [0.2, 0.25) is 0 Å². The topological polar surface area (TPSA) is 77.2 Å². The minimum Gasteiger partial charge on any atom is -0.496 e. The van der Waals surface area contributed by atoms with E-state index < -0.39 is 0 Å². The second-order valence-electron chi connectivity index (χ2n) is 4.72. The average molecular weight is 285 g/mol. The molecule has 21 heavy (non-hydrogen) atoms. The van der Waals surface area contributed by atoms with Crippen LogP contribution in [0.15, 0.2) is 36.5 Å². The van der Waals surface area contributed by atoms with E-state index in [1.54, 1.807) is 26.3 Å². The van der Waals surface area contributed by atoms with Gasteiger partial charge in [-0.3, -0.25) is 9.78 Å². The number of benzene rings is 1. The average Bonchev–Trinajstić information content (AvgIpc) is 2.50. The summed E-state index contributed by atoms with van der Waals surface area (Å²) in [7, 11) is 1.64. The van der Waals surface area contributed by atoms with Crippen LogP contribution in [0, 0.1) is 6.92 Å². The number of aromatic nitrogens is 1. The van der Waals surface area contributed by atoms with E-state index in [0.29, 0.717) is 29.9 Å². The number of rotatable bonds is 5. The molecule has 0 aliphatic rings. The van der Waals surface area contributed by atoms with Gasteiger partial charge < -0.3 is 15.8 Å². The zero-order valence-electron chi connectivity index (χ0n) is 12.2. The van der Waals surface area contributed by atoms with E-state index in [-0.39, 0.29) is 5.91 Å². The van der Waals surface area contributed by atoms with E-state index in [9.17, 15) is 4.79 Å². The summed E-state index contributed by atoms with van der Waals surface area (Å²) < 4.78 is 5.28. The number of para-hydroxylation sites is 1. The first-order valence-electron chi connectivity index (χ1n) is 6.74. The molecule has 1 amide bonds. The van der Waals surface area contributed by atoms with Gasteiger partial charge in [0.15, 0.2) is 0 Å². The highest BCUT2D eigenvalue weighted by atomic mass is 16.5. The monoisotopic (exact) mass is 285 g/mol. The van der Waals surface area contributed by atoms with Crippen LogP contribution in [-0.4, -0.2) is 24.5 Å². The molecule has 1 heterocycles. The second-order valence-corrected chi connectivity index (χ2v) is 4.72. The van der Waals surface area contributed by atoms with Crippen LogP contribution >= 0.6 is 0 Å². The first-order chi connectivity index (χ1) is 10.1. The number of anilines is 1. The van der Waals surface area contributed by atoms with Crippen LogP contribution in [0.4, 0.5) is 5.69 Å². The molecule has 5 heteroatoms. The first-order valence-corrected chi connectivity index (χ1v) is 6.74. The molecular formula is C16H19N3O2. The van der Waals surface area contributed by atoms with Gasteiger partial charge >= 0.3 is 0 Å². The Morgan fingerprint density at radius 1 is 1.38 bits per heavy atom. The van der Waals surface area contributed by atoms with Crippen molar-refractivity contribution in [2.75, 3.05) is 19.4 Å². The number of aryl methyl sites for hydroxylation is 1. The van der Waals surface area contributed by atoms with E-state index in [0.717, 1.165) is 11.3 Å².